The second-order valence-corrected chi connectivity index (χ2v) is 5.77. The monoisotopic (exact) mass is 330 g/mol. The molecule has 1 fully saturated rings. The third-order valence-corrected chi connectivity index (χ3v) is 4.35. The summed E-state index contributed by atoms with van der Waals surface area (Å²) in [5.41, 5.74) is -1.11. The Kier molecular flexibility index (Phi) is 3.97. The van der Waals surface area contributed by atoms with Gasteiger partial charge in [-0.25, -0.2) is 4.79 Å². The van der Waals surface area contributed by atoms with E-state index < -0.39 is 11.2 Å². The van der Waals surface area contributed by atoms with Gasteiger partial charge in [-0.2, -0.15) is 10.2 Å². The van der Waals surface area contributed by atoms with Crippen molar-refractivity contribution in [3.05, 3.63) is 38.1 Å². The summed E-state index contributed by atoms with van der Waals surface area (Å²) in [6.07, 6.45) is 2.24. The summed E-state index contributed by atoms with van der Waals surface area (Å²) in [5.74, 6) is 1.37. The summed E-state index contributed by atoms with van der Waals surface area (Å²) in [6, 6.07) is 1.72. The van der Waals surface area contributed by atoms with Gasteiger partial charge in [0.1, 0.15) is 11.9 Å². The van der Waals surface area contributed by atoms with E-state index in [1.165, 1.54) is 11.6 Å². The van der Waals surface area contributed by atoms with Gasteiger partial charge in [-0.05, 0) is 12.8 Å². The molecule has 0 aromatic carbocycles. The Bertz CT molecular complexity index is 932. The van der Waals surface area contributed by atoms with Crippen molar-refractivity contribution in [2.75, 3.05) is 11.4 Å². The van der Waals surface area contributed by atoms with Crippen LogP contribution in [0.4, 0.5) is 5.82 Å². The molecule has 9 heteroatoms. The maximum absolute atomic E-state index is 12.3. The third kappa shape index (κ3) is 2.31. The molecule has 0 amide bonds. The lowest BCUT2D eigenvalue weighted by Gasteiger charge is -2.27. The minimum atomic E-state index is -0.594. The molecule has 126 valence electrons. The second-order valence-electron chi connectivity index (χ2n) is 5.77. The highest BCUT2D eigenvalue weighted by Gasteiger charge is 2.34. The van der Waals surface area contributed by atoms with Gasteiger partial charge >= 0.3 is 5.69 Å². The smallest absolute Gasteiger partial charge is 0.332 e. The van der Waals surface area contributed by atoms with Gasteiger partial charge in [-0.3, -0.25) is 13.9 Å². The number of aromatic nitrogens is 4. The summed E-state index contributed by atoms with van der Waals surface area (Å²) in [7, 11) is 2.92. The molecule has 0 N–H and O–H groups in total. The molecule has 1 unspecified atom stereocenters. The first-order valence-electron chi connectivity index (χ1n) is 7.78. The molecule has 2 aromatic rings. The molecule has 3 heterocycles. The van der Waals surface area contributed by atoms with E-state index in [9.17, 15) is 14.9 Å². The normalized spacial score (nSPS) is 17.2. The van der Waals surface area contributed by atoms with Crippen LogP contribution < -0.4 is 16.1 Å². The van der Waals surface area contributed by atoms with Gasteiger partial charge in [0.15, 0.2) is 11.4 Å². The Morgan fingerprint density at radius 2 is 2.08 bits per heavy atom. The van der Waals surface area contributed by atoms with Crippen LogP contribution in [-0.2, 0) is 20.5 Å². The van der Waals surface area contributed by atoms with Crippen LogP contribution >= 0.6 is 0 Å². The summed E-state index contributed by atoms with van der Waals surface area (Å²) >= 11 is 0. The number of anilines is 1. The van der Waals surface area contributed by atoms with E-state index in [0.717, 1.165) is 17.4 Å². The van der Waals surface area contributed by atoms with Crippen molar-refractivity contribution < 1.29 is 4.52 Å². The van der Waals surface area contributed by atoms with E-state index in [0.29, 0.717) is 30.5 Å². The molecular weight excluding hydrogens is 312 g/mol. The Hall–Kier alpha value is -2.89. The SMILES string of the molecule is CCc1nc(C2CCCN2c2c(C#N)c(=O)n(C)c(=O)n2C)no1. The summed E-state index contributed by atoms with van der Waals surface area (Å²) in [5, 5.41) is 13.5. The first kappa shape index (κ1) is 16.0. The molecule has 2 aromatic heterocycles. The van der Waals surface area contributed by atoms with E-state index in [1.54, 1.807) is 7.05 Å². The van der Waals surface area contributed by atoms with Gasteiger partial charge in [-0.1, -0.05) is 12.1 Å². The highest BCUT2D eigenvalue weighted by molar-refractivity contribution is 5.55. The molecule has 0 saturated carbocycles. The zero-order chi connectivity index (χ0) is 17.4. The van der Waals surface area contributed by atoms with Crippen molar-refractivity contribution in [2.45, 2.75) is 32.2 Å². The fourth-order valence-electron chi connectivity index (χ4n) is 3.10. The summed E-state index contributed by atoms with van der Waals surface area (Å²) < 4.78 is 7.45. The predicted octanol–water partition coefficient (Wildman–Crippen LogP) is 0.243. The minimum Gasteiger partial charge on any atom is -0.346 e. The molecule has 3 rings (SSSR count). The van der Waals surface area contributed by atoms with E-state index in [1.807, 2.05) is 17.9 Å². The van der Waals surface area contributed by atoms with Crippen molar-refractivity contribution in [3.8, 4) is 6.07 Å². The molecule has 1 atom stereocenters. The number of aryl methyl sites for hydroxylation is 1. The van der Waals surface area contributed by atoms with Gasteiger partial charge in [0, 0.05) is 27.1 Å². The van der Waals surface area contributed by atoms with Gasteiger partial charge in [0.25, 0.3) is 5.56 Å². The number of nitrogens with zero attached hydrogens (tertiary/aromatic N) is 6. The zero-order valence-electron chi connectivity index (χ0n) is 13.8. The quantitative estimate of drug-likeness (QED) is 0.793. The van der Waals surface area contributed by atoms with Crippen LogP contribution in [0.15, 0.2) is 14.1 Å². The first-order chi connectivity index (χ1) is 11.5. The lowest BCUT2D eigenvalue weighted by molar-refractivity contribution is 0.373. The van der Waals surface area contributed by atoms with Crippen LogP contribution in [0, 0.1) is 11.3 Å². The number of nitriles is 1. The number of hydrogen-bond donors (Lipinski definition) is 0. The van der Waals surface area contributed by atoms with Crippen LogP contribution in [0.3, 0.4) is 0 Å². The molecule has 0 radical (unpaired) electrons. The largest absolute Gasteiger partial charge is 0.346 e. The van der Waals surface area contributed by atoms with E-state index in [2.05, 4.69) is 10.1 Å². The molecular formula is C15H18N6O3. The molecule has 1 aliphatic heterocycles. The van der Waals surface area contributed by atoms with Crippen LogP contribution in [0.2, 0.25) is 0 Å². The van der Waals surface area contributed by atoms with Crippen LogP contribution in [0.5, 0.6) is 0 Å². The molecule has 1 aliphatic rings. The predicted molar refractivity (Wildman–Crippen MR) is 84.6 cm³/mol. The van der Waals surface area contributed by atoms with Crippen molar-refractivity contribution in [1.82, 2.24) is 19.3 Å². The second kappa shape index (κ2) is 5.96. The van der Waals surface area contributed by atoms with E-state index in [4.69, 9.17) is 4.52 Å². The summed E-state index contributed by atoms with van der Waals surface area (Å²) in [4.78, 5) is 30.8. The van der Waals surface area contributed by atoms with Gasteiger partial charge in [-0.15, -0.1) is 0 Å². The average Bonchev–Trinajstić information content (AvgIpc) is 3.24. The topological polar surface area (TPSA) is 110 Å². The Balaban J connectivity index is 2.16. The van der Waals surface area contributed by atoms with Crippen molar-refractivity contribution in [1.29, 1.82) is 5.26 Å². The van der Waals surface area contributed by atoms with Gasteiger partial charge in [0.2, 0.25) is 5.89 Å². The first-order valence-corrected chi connectivity index (χ1v) is 7.78. The average molecular weight is 330 g/mol. The molecule has 0 bridgehead atoms. The lowest BCUT2D eigenvalue weighted by atomic mass is 10.2. The maximum Gasteiger partial charge on any atom is 0.332 e. The van der Waals surface area contributed by atoms with E-state index in [-0.39, 0.29) is 11.6 Å². The molecule has 1 saturated heterocycles. The van der Waals surface area contributed by atoms with Gasteiger partial charge in [0.05, 0.1) is 6.04 Å². The molecule has 9 nitrogen and oxygen atoms in total. The van der Waals surface area contributed by atoms with Crippen molar-refractivity contribution >= 4 is 5.82 Å². The molecule has 0 spiro atoms. The summed E-state index contributed by atoms with van der Waals surface area (Å²) in [6.45, 7) is 2.53. The van der Waals surface area contributed by atoms with Crippen LogP contribution in [-0.4, -0.2) is 25.8 Å². The Morgan fingerprint density at radius 1 is 1.33 bits per heavy atom. The number of hydrogen-bond acceptors (Lipinski definition) is 7. The van der Waals surface area contributed by atoms with Crippen molar-refractivity contribution in [3.63, 3.8) is 0 Å². The minimum absolute atomic E-state index is 0.0503. The maximum atomic E-state index is 12.3. The lowest BCUT2D eigenvalue weighted by Crippen LogP contribution is -2.42. The van der Waals surface area contributed by atoms with Crippen molar-refractivity contribution in [2.24, 2.45) is 14.1 Å². The standard InChI is InChI=1S/C15H18N6O3/c1-4-11-17-12(18-24-11)10-6-5-7-21(10)13-9(8-16)14(22)20(3)15(23)19(13)2/h10H,4-7H2,1-3H3. The zero-order valence-corrected chi connectivity index (χ0v) is 13.8. The Morgan fingerprint density at radius 3 is 2.71 bits per heavy atom. The molecule has 24 heavy (non-hydrogen) atoms. The fourth-order valence-corrected chi connectivity index (χ4v) is 3.10. The van der Waals surface area contributed by atoms with Gasteiger partial charge < -0.3 is 9.42 Å². The fraction of sp³-hybridized carbons (Fsp3) is 0.533. The van der Waals surface area contributed by atoms with E-state index >= 15 is 0 Å². The highest BCUT2D eigenvalue weighted by atomic mass is 16.5. The highest BCUT2D eigenvalue weighted by Crippen LogP contribution is 2.35. The van der Waals surface area contributed by atoms with Crippen LogP contribution in [0.25, 0.3) is 0 Å². The molecule has 0 aliphatic carbocycles. The Labute approximate surface area is 137 Å². The third-order valence-electron chi connectivity index (χ3n) is 4.35. The van der Waals surface area contributed by atoms with Crippen LogP contribution in [0.1, 0.15) is 43.1 Å². The number of rotatable bonds is 3.